The molecule has 1 atom stereocenters. The van der Waals surface area contributed by atoms with Crippen LogP contribution in [-0.4, -0.2) is 49.3 Å². The lowest BCUT2D eigenvalue weighted by Gasteiger charge is -2.21. The van der Waals surface area contributed by atoms with Gasteiger partial charge >= 0.3 is 0 Å². The molecule has 5 heteroatoms. The second-order valence-electron chi connectivity index (χ2n) is 4.64. The molecule has 0 aliphatic rings. The molecular formula is C14H22N2O3. The number of nitrogens with zero attached hydrogens (tertiary/aromatic N) is 1. The highest BCUT2D eigenvalue weighted by atomic mass is 16.5. The molecule has 0 radical (unpaired) electrons. The first kappa shape index (κ1) is 15.6. The third kappa shape index (κ3) is 5.83. The Balaban J connectivity index is 2.62. The van der Waals surface area contributed by atoms with Crippen LogP contribution in [0.5, 0.6) is 0 Å². The zero-order valence-electron chi connectivity index (χ0n) is 11.7. The van der Waals surface area contributed by atoms with E-state index in [1.54, 1.807) is 7.11 Å². The molecule has 0 saturated heterocycles. The molecule has 0 saturated carbocycles. The van der Waals surface area contributed by atoms with Gasteiger partial charge in [0.1, 0.15) is 0 Å². The van der Waals surface area contributed by atoms with E-state index in [-0.39, 0.29) is 5.91 Å². The maximum absolute atomic E-state index is 11.1. The van der Waals surface area contributed by atoms with Crippen LogP contribution in [0.3, 0.4) is 0 Å². The SMILES string of the molecule is COCC(O)CN(C)Cc1ccccc1NC(C)=O. The number of para-hydroxylation sites is 1. The van der Waals surface area contributed by atoms with Gasteiger partial charge in [-0.1, -0.05) is 18.2 Å². The number of hydrogen-bond donors (Lipinski definition) is 2. The van der Waals surface area contributed by atoms with Crippen LogP contribution in [0.15, 0.2) is 24.3 Å². The summed E-state index contributed by atoms with van der Waals surface area (Å²) in [7, 11) is 3.48. The van der Waals surface area contributed by atoms with Crippen LogP contribution < -0.4 is 5.32 Å². The van der Waals surface area contributed by atoms with Crippen molar-refractivity contribution in [3.8, 4) is 0 Å². The van der Waals surface area contributed by atoms with Crippen LogP contribution in [0.2, 0.25) is 0 Å². The van der Waals surface area contributed by atoms with Crippen molar-refractivity contribution in [2.45, 2.75) is 19.6 Å². The number of ether oxygens (including phenoxy) is 1. The number of carbonyl (C=O) groups is 1. The van der Waals surface area contributed by atoms with Crippen molar-refractivity contribution in [1.29, 1.82) is 0 Å². The maximum Gasteiger partial charge on any atom is 0.221 e. The molecule has 2 N–H and O–H groups in total. The molecule has 1 aromatic carbocycles. The molecule has 0 bridgehead atoms. The average molecular weight is 266 g/mol. The van der Waals surface area contributed by atoms with Gasteiger partial charge in [-0.2, -0.15) is 0 Å². The Kier molecular flexibility index (Phi) is 6.49. The highest BCUT2D eigenvalue weighted by Gasteiger charge is 2.10. The standard InChI is InChI=1S/C14H22N2O3/c1-11(17)15-14-7-5-4-6-12(14)8-16(2)9-13(18)10-19-3/h4-7,13,18H,8-10H2,1-3H3,(H,15,17). The fourth-order valence-corrected chi connectivity index (χ4v) is 1.93. The topological polar surface area (TPSA) is 61.8 Å². The van der Waals surface area contributed by atoms with E-state index in [0.717, 1.165) is 11.3 Å². The summed E-state index contributed by atoms with van der Waals surface area (Å²) in [6.45, 7) is 2.97. The summed E-state index contributed by atoms with van der Waals surface area (Å²) in [5.41, 5.74) is 1.83. The Labute approximate surface area is 114 Å². The van der Waals surface area contributed by atoms with Gasteiger partial charge in [0.2, 0.25) is 5.91 Å². The fourth-order valence-electron chi connectivity index (χ4n) is 1.93. The molecule has 0 aromatic heterocycles. The Morgan fingerprint density at radius 3 is 2.79 bits per heavy atom. The number of nitrogens with one attached hydrogen (secondary N) is 1. The van der Waals surface area contributed by atoms with Gasteiger partial charge in [-0.25, -0.2) is 0 Å². The van der Waals surface area contributed by atoms with Crippen molar-refractivity contribution in [1.82, 2.24) is 4.90 Å². The number of hydrogen-bond acceptors (Lipinski definition) is 4. The second-order valence-corrected chi connectivity index (χ2v) is 4.64. The van der Waals surface area contributed by atoms with Crippen LogP contribution in [0.25, 0.3) is 0 Å². The zero-order valence-corrected chi connectivity index (χ0v) is 11.7. The number of aliphatic hydroxyl groups is 1. The Hall–Kier alpha value is -1.43. The van der Waals surface area contributed by atoms with Crippen LogP contribution in [0.1, 0.15) is 12.5 Å². The quantitative estimate of drug-likeness (QED) is 0.775. The third-order valence-corrected chi connectivity index (χ3v) is 2.65. The van der Waals surface area contributed by atoms with Crippen LogP contribution >= 0.6 is 0 Å². The van der Waals surface area contributed by atoms with Gasteiger partial charge in [0.25, 0.3) is 0 Å². The molecule has 5 nitrogen and oxygen atoms in total. The number of aliphatic hydroxyl groups excluding tert-OH is 1. The smallest absolute Gasteiger partial charge is 0.221 e. The van der Waals surface area contributed by atoms with Gasteiger partial charge < -0.3 is 15.2 Å². The second kappa shape index (κ2) is 7.89. The van der Waals surface area contributed by atoms with Crippen molar-refractivity contribution in [2.24, 2.45) is 0 Å². The molecule has 106 valence electrons. The zero-order chi connectivity index (χ0) is 14.3. The summed E-state index contributed by atoms with van der Waals surface area (Å²) in [4.78, 5) is 13.1. The molecule has 1 aromatic rings. The first-order chi connectivity index (χ1) is 9.02. The van der Waals surface area contributed by atoms with Crippen LogP contribution in [0.4, 0.5) is 5.69 Å². The summed E-state index contributed by atoms with van der Waals surface area (Å²) < 4.78 is 4.90. The van der Waals surface area contributed by atoms with Gasteiger partial charge in [-0.05, 0) is 18.7 Å². The summed E-state index contributed by atoms with van der Waals surface area (Å²) in [5.74, 6) is -0.0884. The predicted molar refractivity (Wildman–Crippen MR) is 75.0 cm³/mol. The van der Waals surface area contributed by atoms with E-state index in [1.165, 1.54) is 6.92 Å². The first-order valence-electron chi connectivity index (χ1n) is 6.24. The molecule has 0 heterocycles. The lowest BCUT2D eigenvalue weighted by molar-refractivity contribution is -0.114. The van der Waals surface area contributed by atoms with E-state index >= 15 is 0 Å². The molecule has 1 rings (SSSR count). The summed E-state index contributed by atoms with van der Waals surface area (Å²) in [6.07, 6.45) is -0.511. The number of amides is 1. The van der Waals surface area contributed by atoms with Gasteiger partial charge in [-0.15, -0.1) is 0 Å². The lowest BCUT2D eigenvalue weighted by atomic mass is 10.1. The number of rotatable bonds is 7. The van der Waals surface area contributed by atoms with Crippen molar-refractivity contribution >= 4 is 11.6 Å². The minimum absolute atomic E-state index is 0.0884. The van der Waals surface area contributed by atoms with Crippen molar-refractivity contribution < 1.29 is 14.6 Å². The van der Waals surface area contributed by atoms with Crippen LogP contribution in [-0.2, 0) is 16.1 Å². The number of carbonyl (C=O) groups excluding carboxylic acids is 1. The van der Waals surface area contributed by atoms with Crippen molar-refractivity contribution in [3.05, 3.63) is 29.8 Å². The summed E-state index contributed by atoms with van der Waals surface area (Å²) in [5, 5.41) is 12.5. The fraction of sp³-hybridized carbons (Fsp3) is 0.500. The number of anilines is 1. The van der Waals surface area contributed by atoms with Crippen molar-refractivity contribution in [2.75, 3.05) is 32.6 Å². The Morgan fingerprint density at radius 2 is 2.16 bits per heavy atom. The van der Waals surface area contributed by atoms with E-state index in [4.69, 9.17) is 4.74 Å². The van der Waals surface area contributed by atoms with E-state index in [1.807, 2.05) is 36.2 Å². The molecule has 0 fully saturated rings. The molecular weight excluding hydrogens is 244 g/mol. The predicted octanol–water partition coefficient (Wildman–Crippen LogP) is 1.08. The largest absolute Gasteiger partial charge is 0.389 e. The number of methoxy groups -OCH3 is 1. The summed E-state index contributed by atoms with van der Waals surface area (Å²) >= 11 is 0. The lowest BCUT2D eigenvalue weighted by Crippen LogP contribution is -2.31. The third-order valence-electron chi connectivity index (χ3n) is 2.65. The molecule has 1 amide bonds. The highest BCUT2D eigenvalue weighted by Crippen LogP contribution is 2.16. The highest BCUT2D eigenvalue weighted by molar-refractivity contribution is 5.89. The minimum atomic E-state index is -0.511. The average Bonchev–Trinajstić information content (AvgIpc) is 2.31. The van der Waals surface area contributed by atoms with Gasteiger partial charge in [0, 0.05) is 32.8 Å². The summed E-state index contributed by atoms with van der Waals surface area (Å²) in [6, 6.07) is 7.65. The first-order valence-corrected chi connectivity index (χ1v) is 6.24. The number of benzene rings is 1. The molecule has 0 spiro atoms. The monoisotopic (exact) mass is 266 g/mol. The normalized spacial score (nSPS) is 12.5. The molecule has 1 unspecified atom stereocenters. The Bertz CT molecular complexity index is 409. The molecule has 19 heavy (non-hydrogen) atoms. The molecule has 0 aliphatic carbocycles. The Morgan fingerprint density at radius 1 is 1.47 bits per heavy atom. The minimum Gasteiger partial charge on any atom is -0.389 e. The van der Waals surface area contributed by atoms with E-state index in [2.05, 4.69) is 5.32 Å². The van der Waals surface area contributed by atoms with E-state index in [9.17, 15) is 9.90 Å². The van der Waals surface area contributed by atoms with E-state index < -0.39 is 6.10 Å². The van der Waals surface area contributed by atoms with Gasteiger partial charge in [0.15, 0.2) is 0 Å². The van der Waals surface area contributed by atoms with Gasteiger partial charge in [0.05, 0.1) is 12.7 Å². The number of likely N-dealkylation sites (N-methyl/N-ethyl adjacent to an activating group) is 1. The van der Waals surface area contributed by atoms with Crippen molar-refractivity contribution in [3.63, 3.8) is 0 Å². The maximum atomic E-state index is 11.1. The van der Waals surface area contributed by atoms with Gasteiger partial charge in [-0.3, -0.25) is 9.69 Å². The molecule has 0 aliphatic heterocycles. The van der Waals surface area contributed by atoms with Crippen LogP contribution in [0, 0.1) is 0 Å². The van der Waals surface area contributed by atoms with E-state index in [0.29, 0.717) is 19.7 Å².